The van der Waals surface area contributed by atoms with Crippen molar-refractivity contribution in [3.05, 3.63) is 65.6 Å². The molecule has 0 bridgehead atoms. The van der Waals surface area contributed by atoms with E-state index in [0.717, 1.165) is 17.7 Å². The first-order valence-corrected chi connectivity index (χ1v) is 9.74. The van der Waals surface area contributed by atoms with E-state index in [1.807, 2.05) is 13.0 Å². The fourth-order valence-electron chi connectivity index (χ4n) is 3.70. The Kier molecular flexibility index (Phi) is 4.58. The van der Waals surface area contributed by atoms with Crippen LogP contribution < -0.4 is 9.64 Å². The smallest absolute Gasteiger partial charge is 0.416 e. The molecule has 32 heavy (non-hydrogen) atoms. The number of alkyl halides is 3. The molecular formula is C22H16F3N5O2. The predicted octanol–water partition coefficient (Wildman–Crippen LogP) is 4.39. The third kappa shape index (κ3) is 3.43. The molecule has 0 saturated heterocycles. The van der Waals surface area contributed by atoms with E-state index in [4.69, 9.17) is 4.74 Å². The van der Waals surface area contributed by atoms with E-state index in [1.165, 1.54) is 18.5 Å². The molecule has 0 spiro atoms. The van der Waals surface area contributed by atoms with Crippen LogP contribution in [0.3, 0.4) is 0 Å². The van der Waals surface area contributed by atoms with E-state index in [2.05, 4.69) is 20.2 Å². The van der Waals surface area contributed by atoms with Gasteiger partial charge in [-0.3, -0.25) is 9.89 Å². The van der Waals surface area contributed by atoms with Crippen molar-refractivity contribution in [2.75, 3.05) is 18.1 Å². The topological polar surface area (TPSA) is 84.0 Å². The lowest BCUT2D eigenvalue weighted by molar-refractivity contribution is -0.137. The Hall–Kier alpha value is -3.95. The molecule has 0 atom stereocenters. The van der Waals surface area contributed by atoms with E-state index in [-0.39, 0.29) is 5.91 Å². The molecule has 1 N–H and O–H groups in total. The van der Waals surface area contributed by atoms with Crippen molar-refractivity contribution in [3.8, 4) is 17.1 Å². The van der Waals surface area contributed by atoms with Crippen LogP contribution in [0.1, 0.15) is 21.6 Å². The van der Waals surface area contributed by atoms with E-state index in [0.29, 0.717) is 52.6 Å². The van der Waals surface area contributed by atoms with Gasteiger partial charge in [-0.2, -0.15) is 18.3 Å². The number of halogens is 3. The molecule has 1 aliphatic heterocycles. The van der Waals surface area contributed by atoms with Crippen LogP contribution in [0.5, 0.6) is 5.75 Å². The number of benzene rings is 2. The third-order valence-corrected chi connectivity index (χ3v) is 5.29. The molecule has 3 heterocycles. The fourth-order valence-corrected chi connectivity index (χ4v) is 3.70. The summed E-state index contributed by atoms with van der Waals surface area (Å²) >= 11 is 0. The number of carbonyl (C=O) groups excluding carboxylic acids is 1. The lowest BCUT2D eigenvalue weighted by atomic mass is 10.1. The minimum atomic E-state index is -4.42. The SMILES string of the molecule is Cc1cc(-c2ncc3cc(C(F)(F)F)ccc3n2)ccc1N1CCOc2cn[nH]c2C1=O. The van der Waals surface area contributed by atoms with Crippen molar-refractivity contribution in [2.24, 2.45) is 0 Å². The van der Waals surface area contributed by atoms with Gasteiger partial charge in [0.25, 0.3) is 5.91 Å². The number of H-pyrrole nitrogens is 1. The maximum absolute atomic E-state index is 12.9. The van der Waals surface area contributed by atoms with Gasteiger partial charge in [-0.05, 0) is 48.9 Å². The highest BCUT2D eigenvalue weighted by molar-refractivity contribution is 6.07. The van der Waals surface area contributed by atoms with Crippen molar-refractivity contribution >= 4 is 22.5 Å². The number of ether oxygens (including phenoxy) is 1. The Morgan fingerprint density at radius 3 is 2.75 bits per heavy atom. The largest absolute Gasteiger partial charge is 0.488 e. The number of rotatable bonds is 2. The van der Waals surface area contributed by atoms with Crippen LogP contribution in [0, 0.1) is 6.92 Å². The van der Waals surface area contributed by atoms with Crippen LogP contribution >= 0.6 is 0 Å². The van der Waals surface area contributed by atoms with E-state index in [1.54, 1.807) is 17.0 Å². The normalized spacial score (nSPS) is 14.2. The molecule has 162 valence electrons. The Morgan fingerprint density at radius 2 is 1.97 bits per heavy atom. The fraction of sp³-hybridized carbons (Fsp3) is 0.182. The highest BCUT2D eigenvalue weighted by Gasteiger charge is 2.30. The van der Waals surface area contributed by atoms with Gasteiger partial charge in [-0.1, -0.05) is 0 Å². The molecule has 1 amide bonds. The van der Waals surface area contributed by atoms with Crippen molar-refractivity contribution in [3.63, 3.8) is 0 Å². The van der Waals surface area contributed by atoms with Gasteiger partial charge in [0.15, 0.2) is 17.3 Å². The molecule has 2 aromatic heterocycles. The highest BCUT2D eigenvalue weighted by atomic mass is 19.4. The summed E-state index contributed by atoms with van der Waals surface area (Å²) in [6, 6.07) is 8.79. The molecule has 0 aliphatic carbocycles. The average Bonchev–Trinajstić information content (AvgIpc) is 3.18. The first kappa shape index (κ1) is 20.0. The van der Waals surface area contributed by atoms with Gasteiger partial charge in [-0.15, -0.1) is 0 Å². The summed E-state index contributed by atoms with van der Waals surface area (Å²) in [5.74, 6) is 0.562. The highest BCUT2D eigenvalue weighted by Crippen LogP contribution is 2.32. The van der Waals surface area contributed by atoms with Crippen LogP contribution in [0.2, 0.25) is 0 Å². The molecule has 0 radical (unpaired) electrons. The Bertz CT molecular complexity index is 1350. The van der Waals surface area contributed by atoms with Crippen molar-refractivity contribution in [1.82, 2.24) is 20.2 Å². The molecule has 5 rings (SSSR count). The number of nitrogens with zero attached hydrogens (tertiary/aromatic N) is 4. The first-order valence-electron chi connectivity index (χ1n) is 9.74. The third-order valence-electron chi connectivity index (χ3n) is 5.29. The maximum atomic E-state index is 12.9. The number of aryl methyl sites for hydroxylation is 1. The Morgan fingerprint density at radius 1 is 1.12 bits per heavy atom. The standard InChI is InChI=1S/C22H16F3N5O2/c1-12-8-13(20-26-10-14-9-15(22(23,24)25)3-4-16(14)28-20)2-5-17(12)30-6-7-32-18-11-27-29-19(18)21(30)31/h2-5,8-11H,6-7H2,1H3,(H,27,29). The predicted molar refractivity (Wildman–Crippen MR) is 110 cm³/mol. The number of hydrogen-bond acceptors (Lipinski definition) is 5. The monoisotopic (exact) mass is 439 g/mol. The lowest BCUT2D eigenvalue weighted by Gasteiger charge is -2.22. The number of carbonyl (C=O) groups is 1. The number of aromatic amines is 1. The van der Waals surface area contributed by atoms with E-state index >= 15 is 0 Å². The number of hydrogen-bond donors (Lipinski definition) is 1. The van der Waals surface area contributed by atoms with Crippen LogP contribution in [0.15, 0.2) is 48.8 Å². The summed E-state index contributed by atoms with van der Waals surface area (Å²) in [4.78, 5) is 23.2. The molecule has 0 fully saturated rings. The first-order chi connectivity index (χ1) is 15.3. The number of fused-ring (bicyclic) bond motifs is 2. The molecule has 1 aliphatic rings. The van der Waals surface area contributed by atoms with Crippen LogP contribution in [-0.2, 0) is 6.18 Å². The number of nitrogens with one attached hydrogen (secondary N) is 1. The summed E-state index contributed by atoms with van der Waals surface area (Å²) in [7, 11) is 0. The van der Waals surface area contributed by atoms with Gasteiger partial charge in [0.05, 0.1) is 23.8 Å². The number of amides is 1. The zero-order valence-corrected chi connectivity index (χ0v) is 16.8. The van der Waals surface area contributed by atoms with Gasteiger partial charge in [0.2, 0.25) is 0 Å². The summed E-state index contributed by atoms with van der Waals surface area (Å²) in [5, 5.41) is 6.85. The number of aromatic nitrogens is 4. The lowest BCUT2D eigenvalue weighted by Crippen LogP contribution is -2.33. The summed E-state index contributed by atoms with van der Waals surface area (Å²) in [6.45, 7) is 2.56. The molecule has 2 aromatic carbocycles. The summed E-state index contributed by atoms with van der Waals surface area (Å²) in [5.41, 5.74) is 2.18. The molecule has 0 saturated carbocycles. The molecular weight excluding hydrogens is 423 g/mol. The minimum Gasteiger partial charge on any atom is -0.488 e. The Balaban J connectivity index is 1.48. The van der Waals surface area contributed by atoms with Gasteiger partial charge in [-0.25, -0.2) is 9.97 Å². The summed E-state index contributed by atoms with van der Waals surface area (Å²) in [6.07, 6.45) is -1.57. The minimum absolute atomic E-state index is 0.242. The van der Waals surface area contributed by atoms with Crippen molar-refractivity contribution in [2.45, 2.75) is 13.1 Å². The van der Waals surface area contributed by atoms with Crippen LogP contribution in [0.25, 0.3) is 22.3 Å². The molecule has 0 unspecified atom stereocenters. The van der Waals surface area contributed by atoms with Gasteiger partial charge in [0, 0.05) is 22.8 Å². The second kappa shape index (κ2) is 7.33. The Labute approximate surface area is 179 Å². The van der Waals surface area contributed by atoms with Gasteiger partial charge < -0.3 is 9.64 Å². The second-order valence-electron chi connectivity index (χ2n) is 7.38. The average molecular weight is 439 g/mol. The molecule has 7 nitrogen and oxygen atoms in total. The number of anilines is 1. The zero-order valence-electron chi connectivity index (χ0n) is 16.8. The maximum Gasteiger partial charge on any atom is 0.416 e. The molecule has 10 heteroatoms. The summed E-state index contributed by atoms with van der Waals surface area (Å²) < 4.78 is 44.4. The van der Waals surface area contributed by atoms with Crippen molar-refractivity contribution in [1.29, 1.82) is 0 Å². The van der Waals surface area contributed by atoms with E-state index in [9.17, 15) is 18.0 Å². The van der Waals surface area contributed by atoms with Crippen molar-refractivity contribution < 1.29 is 22.7 Å². The van der Waals surface area contributed by atoms with Gasteiger partial charge >= 0.3 is 6.18 Å². The zero-order chi connectivity index (χ0) is 22.5. The van der Waals surface area contributed by atoms with E-state index < -0.39 is 11.7 Å². The second-order valence-corrected chi connectivity index (χ2v) is 7.38. The quantitative estimate of drug-likeness (QED) is 0.501. The van der Waals surface area contributed by atoms with Crippen LogP contribution in [0.4, 0.5) is 18.9 Å². The van der Waals surface area contributed by atoms with Gasteiger partial charge in [0.1, 0.15) is 6.61 Å². The molecule has 4 aromatic rings. The van der Waals surface area contributed by atoms with Crippen LogP contribution in [-0.4, -0.2) is 39.2 Å².